The third-order valence-electron chi connectivity index (χ3n) is 3.42. The van der Waals surface area contributed by atoms with E-state index in [1.807, 2.05) is 29.9 Å². The molecule has 3 rings (SSSR count). The zero-order chi connectivity index (χ0) is 12.4. The largest absolute Gasteiger partial charge is 0.348 e. The van der Waals surface area contributed by atoms with Crippen LogP contribution in [0.25, 0.3) is 0 Å². The second-order valence-corrected chi connectivity index (χ2v) is 6.19. The maximum atomic E-state index is 4.54. The Morgan fingerprint density at radius 2 is 2.44 bits per heavy atom. The molecule has 0 bridgehead atoms. The average Bonchev–Trinajstić information content (AvgIpc) is 3.01. The van der Waals surface area contributed by atoms with Crippen molar-refractivity contribution in [1.82, 2.24) is 19.9 Å². The highest BCUT2D eigenvalue weighted by Crippen LogP contribution is 2.30. The van der Waals surface area contributed by atoms with Gasteiger partial charge in [0.25, 0.3) is 0 Å². The van der Waals surface area contributed by atoms with Gasteiger partial charge in [-0.1, -0.05) is 0 Å². The number of hydrogen-bond donors (Lipinski definition) is 1. The first-order valence-electron chi connectivity index (χ1n) is 6.44. The van der Waals surface area contributed by atoms with E-state index in [1.54, 1.807) is 0 Å². The average molecular weight is 262 g/mol. The van der Waals surface area contributed by atoms with E-state index in [2.05, 4.69) is 26.8 Å². The summed E-state index contributed by atoms with van der Waals surface area (Å²) in [5.41, 5.74) is 0. The summed E-state index contributed by atoms with van der Waals surface area (Å²) >= 11 is 1.84. The van der Waals surface area contributed by atoms with Crippen LogP contribution in [0, 0.1) is 6.92 Å². The Hall–Kier alpha value is -1.20. The van der Waals surface area contributed by atoms with Crippen molar-refractivity contribution in [2.45, 2.75) is 32.2 Å². The Morgan fingerprint density at radius 1 is 1.50 bits per heavy atom. The van der Waals surface area contributed by atoms with Gasteiger partial charge in [-0.25, -0.2) is 9.97 Å². The molecule has 1 aliphatic heterocycles. The summed E-state index contributed by atoms with van der Waals surface area (Å²) in [5.74, 6) is 1.67. The maximum absolute atomic E-state index is 4.54. The fraction of sp³-hybridized carbons (Fsp3) is 0.538. The number of nitrogens with zero attached hydrogens (tertiary/aromatic N) is 3. The number of aromatic nitrogens is 3. The quantitative estimate of drug-likeness (QED) is 0.924. The number of aromatic amines is 1. The van der Waals surface area contributed by atoms with Crippen LogP contribution in [0.3, 0.4) is 0 Å². The molecule has 3 heterocycles. The molecule has 4 nitrogen and oxygen atoms in total. The molecule has 0 unspecified atom stereocenters. The number of piperidine rings is 1. The van der Waals surface area contributed by atoms with E-state index in [-0.39, 0.29) is 0 Å². The molecular weight excluding hydrogens is 244 g/mol. The minimum absolute atomic E-state index is 0.604. The highest BCUT2D eigenvalue weighted by atomic mass is 32.1. The molecule has 18 heavy (non-hydrogen) atoms. The maximum Gasteiger partial charge on any atom is 0.120 e. The molecule has 1 fully saturated rings. The summed E-state index contributed by atoms with van der Waals surface area (Å²) < 4.78 is 0. The molecule has 1 saturated heterocycles. The fourth-order valence-corrected chi connectivity index (χ4v) is 3.46. The molecule has 96 valence electrons. The minimum Gasteiger partial charge on any atom is -0.348 e. The van der Waals surface area contributed by atoms with Gasteiger partial charge in [-0.05, 0) is 26.3 Å². The second-order valence-electron chi connectivity index (χ2n) is 4.92. The number of thiazole rings is 1. The van der Waals surface area contributed by atoms with Crippen LogP contribution in [0.15, 0.2) is 18.6 Å². The van der Waals surface area contributed by atoms with Crippen LogP contribution in [0.5, 0.6) is 0 Å². The van der Waals surface area contributed by atoms with Crippen molar-refractivity contribution in [2.75, 3.05) is 13.1 Å². The Balaban J connectivity index is 1.65. The Labute approximate surface area is 111 Å². The molecule has 1 N–H and O–H groups in total. The molecule has 2 aromatic rings. The number of H-pyrrole nitrogens is 1. The molecule has 1 aliphatic rings. The zero-order valence-corrected chi connectivity index (χ0v) is 11.4. The lowest BCUT2D eigenvalue weighted by Gasteiger charge is -2.31. The molecule has 2 aromatic heterocycles. The third kappa shape index (κ3) is 2.62. The third-order valence-corrected chi connectivity index (χ3v) is 4.50. The van der Waals surface area contributed by atoms with E-state index in [1.165, 1.54) is 29.3 Å². The van der Waals surface area contributed by atoms with Gasteiger partial charge in [0.05, 0.1) is 11.6 Å². The van der Waals surface area contributed by atoms with Gasteiger partial charge in [0.2, 0.25) is 0 Å². The summed E-state index contributed by atoms with van der Waals surface area (Å²) in [5, 5.41) is 1.30. The molecule has 0 aliphatic carbocycles. The first kappa shape index (κ1) is 11.9. The number of likely N-dealkylation sites (tertiary alicyclic amines) is 1. The molecule has 0 aromatic carbocycles. The lowest BCUT2D eigenvalue weighted by molar-refractivity contribution is 0.196. The van der Waals surface area contributed by atoms with E-state index in [4.69, 9.17) is 0 Å². The highest BCUT2D eigenvalue weighted by Gasteiger charge is 2.23. The van der Waals surface area contributed by atoms with Crippen LogP contribution >= 0.6 is 11.3 Å². The second kappa shape index (κ2) is 5.20. The van der Waals surface area contributed by atoms with Gasteiger partial charge in [-0.2, -0.15) is 0 Å². The van der Waals surface area contributed by atoms with Gasteiger partial charge >= 0.3 is 0 Å². The van der Waals surface area contributed by atoms with Crippen molar-refractivity contribution in [3.63, 3.8) is 0 Å². The summed E-state index contributed by atoms with van der Waals surface area (Å²) in [6.45, 7) is 5.33. The van der Waals surface area contributed by atoms with Gasteiger partial charge in [-0.15, -0.1) is 11.3 Å². The van der Waals surface area contributed by atoms with E-state index in [9.17, 15) is 0 Å². The highest BCUT2D eigenvalue weighted by molar-refractivity contribution is 7.11. The minimum atomic E-state index is 0.604. The first-order chi connectivity index (χ1) is 8.81. The lowest BCUT2D eigenvalue weighted by atomic mass is 9.99. The van der Waals surface area contributed by atoms with Crippen LogP contribution in [0.2, 0.25) is 0 Å². The van der Waals surface area contributed by atoms with Crippen LogP contribution in [-0.2, 0) is 6.54 Å². The van der Waals surface area contributed by atoms with E-state index < -0.39 is 0 Å². The fourth-order valence-electron chi connectivity index (χ4n) is 2.56. The summed E-state index contributed by atoms with van der Waals surface area (Å²) in [6.07, 6.45) is 8.22. The van der Waals surface area contributed by atoms with Crippen molar-refractivity contribution in [3.8, 4) is 0 Å². The molecule has 0 saturated carbocycles. The van der Waals surface area contributed by atoms with Gasteiger partial charge in [0, 0.05) is 35.9 Å². The van der Waals surface area contributed by atoms with Crippen LogP contribution in [0.4, 0.5) is 0 Å². The Bertz CT molecular complexity index is 491. The van der Waals surface area contributed by atoms with Crippen LogP contribution < -0.4 is 0 Å². The SMILES string of the molecule is Cc1cnc([C@H]2CCCN(Cc3ncc[nH]3)C2)s1. The summed E-state index contributed by atoms with van der Waals surface area (Å²) in [6, 6.07) is 0. The number of imidazole rings is 1. The number of rotatable bonds is 3. The number of nitrogens with one attached hydrogen (secondary N) is 1. The number of aryl methyl sites for hydroxylation is 1. The molecule has 5 heteroatoms. The molecule has 0 radical (unpaired) electrons. The molecular formula is C13H18N4S. The summed E-state index contributed by atoms with van der Waals surface area (Å²) in [7, 11) is 0. The molecule has 0 amide bonds. The van der Waals surface area contributed by atoms with Gasteiger partial charge in [0.1, 0.15) is 5.82 Å². The van der Waals surface area contributed by atoms with Gasteiger partial charge < -0.3 is 4.98 Å². The van der Waals surface area contributed by atoms with Crippen molar-refractivity contribution in [2.24, 2.45) is 0 Å². The van der Waals surface area contributed by atoms with E-state index in [0.29, 0.717) is 5.92 Å². The smallest absolute Gasteiger partial charge is 0.120 e. The molecule has 0 spiro atoms. The van der Waals surface area contributed by atoms with Crippen LogP contribution in [-0.4, -0.2) is 32.9 Å². The summed E-state index contributed by atoms with van der Waals surface area (Å²) in [4.78, 5) is 15.8. The van der Waals surface area contributed by atoms with Gasteiger partial charge in [-0.3, -0.25) is 4.90 Å². The Morgan fingerprint density at radius 3 is 3.17 bits per heavy atom. The van der Waals surface area contributed by atoms with Crippen molar-refractivity contribution < 1.29 is 0 Å². The lowest BCUT2D eigenvalue weighted by Crippen LogP contribution is -2.34. The van der Waals surface area contributed by atoms with Crippen molar-refractivity contribution in [1.29, 1.82) is 0 Å². The monoisotopic (exact) mass is 262 g/mol. The van der Waals surface area contributed by atoms with E-state index >= 15 is 0 Å². The normalized spacial score (nSPS) is 21.3. The zero-order valence-electron chi connectivity index (χ0n) is 10.6. The predicted molar refractivity (Wildman–Crippen MR) is 72.7 cm³/mol. The topological polar surface area (TPSA) is 44.8 Å². The van der Waals surface area contributed by atoms with Gasteiger partial charge in [0.15, 0.2) is 0 Å². The standard InChI is InChI=1S/C13H18N4S/c1-10-7-16-13(18-10)11-3-2-6-17(8-11)9-12-14-4-5-15-12/h4-5,7,11H,2-3,6,8-9H2,1H3,(H,14,15)/t11-/m0/s1. The van der Waals surface area contributed by atoms with Crippen LogP contribution in [0.1, 0.15) is 34.5 Å². The first-order valence-corrected chi connectivity index (χ1v) is 7.26. The predicted octanol–water partition coefficient (Wildman–Crippen LogP) is 2.55. The van der Waals surface area contributed by atoms with E-state index in [0.717, 1.165) is 18.9 Å². The number of hydrogen-bond acceptors (Lipinski definition) is 4. The Kier molecular flexibility index (Phi) is 3.43. The van der Waals surface area contributed by atoms with Crippen molar-refractivity contribution >= 4 is 11.3 Å². The molecule has 1 atom stereocenters. The van der Waals surface area contributed by atoms with Crippen molar-refractivity contribution in [3.05, 3.63) is 34.3 Å².